The van der Waals surface area contributed by atoms with Crippen LogP contribution < -0.4 is 10.2 Å². The summed E-state index contributed by atoms with van der Waals surface area (Å²) in [6.45, 7) is 8.32. The van der Waals surface area contributed by atoms with Gasteiger partial charge in [-0.25, -0.2) is 0 Å². The van der Waals surface area contributed by atoms with Gasteiger partial charge in [0.15, 0.2) is 0 Å². The Balaban J connectivity index is 2.05. The fourth-order valence-electron chi connectivity index (χ4n) is 2.47. The second-order valence-corrected chi connectivity index (χ2v) is 6.19. The topological polar surface area (TPSA) is 51.1 Å². The number of amides is 1. The number of anilines is 1. The van der Waals surface area contributed by atoms with Gasteiger partial charge in [0, 0.05) is 29.7 Å². The zero-order chi connectivity index (χ0) is 15.6. The largest absolute Gasteiger partial charge is 0.326 e. The van der Waals surface area contributed by atoms with E-state index in [1.807, 2.05) is 33.1 Å². The molecule has 1 aromatic heterocycles. The molecule has 2 rings (SSSR count). The van der Waals surface area contributed by atoms with Crippen molar-refractivity contribution in [2.75, 3.05) is 5.32 Å². The second kappa shape index (κ2) is 6.26. The molecule has 0 saturated carbocycles. The Labute approximate surface area is 128 Å². The molecule has 0 bridgehead atoms. The molecule has 0 fully saturated rings. The fourth-order valence-corrected chi connectivity index (χ4v) is 3.23. The number of hydrogen-bond acceptors (Lipinski definition) is 3. The van der Waals surface area contributed by atoms with Crippen molar-refractivity contribution in [3.05, 3.63) is 49.6 Å². The predicted octanol–water partition coefficient (Wildman–Crippen LogP) is 3.17. The van der Waals surface area contributed by atoms with Gasteiger partial charge in [-0.1, -0.05) is 29.0 Å². The lowest BCUT2D eigenvalue weighted by Crippen LogP contribution is -2.20. The highest BCUT2D eigenvalue weighted by Crippen LogP contribution is 2.22. The highest BCUT2D eigenvalue weighted by atomic mass is 32.1. The lowest BCUT2D eigenvalue weighted by atomic mass is 10.1. The maximum absolute atomic E-state index is 12.1. The Morgan fingerprint density at radius 2 is 1.81 bits per heavy atom. The number of aromatic nitrogens is 1. The highest BCUT2D eigenvalue weighted by molar-refractivity contribution is 7.07. The molecule has 1 N–H and O–H groups in total. The average molecular weight is 304 g/mol. The van der Waals surface area contributed by atoms with Gasteiger partial charge in [-0.2, -0.15) is 0 Å². The van der Waals surface area contributed by atoms with Crippen LogP contribution in [-0.2, 0) is 11.3 Å². The number of nitrogens with one attached hydrogen (secondary N) is 1. The Morgan fingerprint density at radius 3 is 2.33 bits per heavy atom. The van der Waals surface area contributed by atoms with E-state index in [2.05, 4.69) is 17.4 Å². The van der Waals surface area contributed by atoms with Gasteiger partial charge < -0.3 is 9.88 Å². The number of benzene rings is 1. The number of aryl methyl sites for hydroxylation is 4. The van der Waals surface area contributed by atoms with Crippen LogP contribution in [0.2, 0.25) is 0 Å². The molecule has 0 unspecified atom stereocenters. The molecule has 5 heteroatoms. The van der Waals surface area contributed by atoms with E-state index < -0.39 is 0 Å². The Bertz CT molecular complexity index is 705. The minimum atomic E-state index is -0.0671. The van der Waals surface area contributed by atoms with Crippen LogP contribution in [0.15, 0.2) is 22.3 Å². The summed E-state index contributed by atoms with van der Waals surface area (Å²) in [7, 11) is 0. The van der Waals surface area contributed by atoms with Crippen LogP contribution in [0.4, 0.5) is 5.69 Å². The molecule has 1 heterocycles. The third-order valence-electron chi connectivity index (χ3n) is 3.48. The van der Waals surface area contributed by atoms with Gasteiger partial charge in [-0.05, 0) is 38.8 Å². The third-order valence-corrected chi connectivity index (χ3v) is 4.36. The van der Waals surface area contributed by atoms with Gasteiger partial charge in [-0.15, -0.1) is 0 Å². The first-order chi connectivity index (χ1) is 9.88. The van der Waals surface area contributed by atoms with Gasteiger partial charge in [0.1, 0.15) is 0 Å². The maximum Gasteiger partial charge on any atom is 0.307 e. The van der Waals surface area contributed by atoms with Crippen molar-refractivity contribution >= 4 is 22.9 Å². The second-order valence-electron chi connectivity index (χ2n) is 5.37. The zero-order valence-electron chi connectivity index (χ0n) is 12.8. The summed E-state index contributed by atoms with van der Waals surface area (Å²) in [5.41, 5.74) is 5.08. The summed E-state index contributed by atoms with van der Waals surface area (Å²) in [6.07, 6.45) is 0.296. The molecule has 2 aromatic rings. The quantitative estimate of drug-likeness (QED) is 0.943. The highest BCUT2D eigenvalue weighted by Gasteiger charge is 2.10. The first kappa shape index (κ1) is 15.5. The van der Waals surface area contributed by atoms with Gasteiger partial charge in [0.25, 0.3) is 0 Å². The van der Waals surface area contributed by atoms with Crippen molar-refractivity contribution in [2.45, 2.75) is 40.7 Å². The molecule has 0 saturated heterocycles. The minimum absolute atomic E-state index is 0.0111. The Kier molecular flexibility index (Phi) is 4.63. The normalized spacial score (nSPS) is 10.7. The van der Waals surface area contributed by atoms with Crippen molar-refractivity contribution in [1.29, 1.82) is 0 Å². The smallest absolute Gasteiger partial charge is 0.307 e. The van der Waals surface area contributed by atoms with Crippen LogP contribution in [-0.4, -0.2) is 10.5 Å². The van der Waals surface area contributed by atoms with E-state index in [1.54, 1.807) is 4.57 Å². The number of nitrogens with zero attached hydrogens (tertiary/aromatic N) is 1. The summed E-state index contributed by atoms with van der Waals surface area (Å²) in [4.78, 5) is 23.7. The van der Waals surface area contributed by atoms with E-state index in [9.17, 15) is 9.59 Å². The standard InChI is InChI=1S/C16H20N2O2S/c1-10-7-11(2)15(12(3)8-10)17-14(19)5-6-18-13(4)9-21-16(18)20/h7-9H,5-6H2,1-4H3,(H,17,19). The summed E-state index contributed by atoms with van der Waals surface area (Å²) in [6, 6.07) is 4.10. The lowest BCUT2D eigenvalue weighted by Gasteiger charge is -2.13. The molecule has 21 heavy (non-hydrogen) atoms. The van der Waals surface area contributed by atoms with Crippen LogP contribution in [0.1, 0.15) is 28.8 Å². The minimum Gasteiger partial charge on any atom is -0.326 e. The van der Waals surface area contributed by atoms with E-state index in [-0.39, 0.29) is 10.8 Å². The van der Waals surface area contributed by atoms with Crippen LogP contribution in [0.5, 0.6) is 0 Å². The summed E-state index contributed by atoms with van der Waals surface area (Å²) < 4.78 is 1.64. The Morgan fingerprint density at radius 1 is 1.19 bits per heavy atom. The zero-order valence-corrected chi connectivity index (χ0v) is 13.6. The molecule has 1 amide bonds. The van der Waals surface area contributed by atoms with Crippen molar-refractivity contribution < 1.29 is 4.79 Å². The number of carbonyl (C=O) groups is 1. The summed E-state index contributed by atoms with van der Waals surface area (Å²) in [5.74, 6) is -0.0671. The molecule has 112 valence electrons. The van der Waals surface area contributed by atoms with Crippen molar-refractivity contribution in [1.82, 2.24) is 4.57 Å². The molecule has 0 aliphatic rings. The average Bonchev–Trinajstić information content (AvgIpc) is 2.71. The first-order valence-corrected chi connectivity index (χ1v) is 7.79. The Hall–Kier alpha value is -1.88. The SMILES string of the molecule is Cc1cc(C)c(NC(=O)CCn2c(C)csc2=O)c(C)c1. The first-order valence-electron chi connectivity index (χ1n) is 6.91. The van der Waals surface area contributed by atoms with Gasteiger partial charge in [0.05, 0.1) is 0 Å². The summed E-state index contributed by atoms with van der Waals surface area (Å²) in [5, 5.41) is 4.77. The third kappa shape index (κ3) is 3.61. The van der Waals surface area contributed by atoms with E-state index in [1.165, 1.54) is 16.9 Å². The maximum atomic E-state index is 12.1. The van der Waals surface area contributed by atoms with Gasteiger partial charge in [0.2, 0.25) is 5.91 Å². The van der Waals surface area contributed by atoms with E-state index >= 15 is 0 Å². The van der Waals surface area contributed by atoms with Gasteiger partial charge >= 0.3 is 4.87 Å². The lowest BCUT2D eigenvalue weighted by molar-refractivity contribution is -0.116. The molecule has 0 radical (unpaired) electrons. The molecule has 0 spiro atoms. The number of rotatable bonds is 4. The number of carbonyl (C=O) groups excluding carboxylic acids is 1. The number of thiazole rings is 1. The van der Waals surface area contributed by atoms with E-state index in [0.29, 0.717) is 13.0 Å². The predicted molar refractivity (Wildman–Crippen MR) is 87.2 cm³/mol. The number of hydrogen-bond donors (Lipinski definition) is 1. The van der Waals surface area contributed by atoms with Crippen LogP contribution in [0.25, 0.3) is 0 Å². The van der Waals surface area contributed by atoms with Crippen molar-refractivity contribution in [3.63, 3.8) is 0 Å². The molecule has 0 aliphatic heterocycles. The molecule has 0 aliphatic carbocycles. The van der Waals surface area contributed by atoms with Crippen LogP contribution >= 0.6 is 11.3 Å². The van der Waals surface area contributed by atoms with Gasteiger partial charge in [-0.3, -0.25) is 9.59 Å². The van der Waals surface area contributed by atoms with Crippen LogP contribution in [0, 0.1) is 27.7 Å². The fraction of sp³-hybridized carbons (Fsp3) is 0.375. The molecule has 4 nitrogen and oxygen atoms in total. The van der Waals surface area contributed by atoms with E-state index in [0.717, 1.165) is 22.5 Å². The van der Waals surface area contributed by atoms with Crippen LogP contribution in [0.3, 0.4) is 0 Å². The van der Waals surface area contributed by atoms with E-state index in [4.69, 9.17) is 0 Å². The molecule has 1 aromatic carbocycles. The monoisotopic (exact) mass is 304 g/mol. The van der Waals surface area contributed by atoms with Crippen molar-refractivity contribution in [2.24, 2.45) is 0 Å². The molecular weight excluding hydrogens is 284 g/mol. The van der Waals surface area contributed by atoms with Crippen molar-refractivity contribution in [3.8, 4) is 0 Å². The molecular formula is C16H20N2O2S. The molecule has 0 atom stereocenters. The summed E-state index contributed by atoms with van der Waals surface area (Å²) >= 11 is 1.17.